The van der Waals surface area contributed by atoms with Crippen molar-refractivity contribution in [2.45, 2.75) is 19.9 Å². The van der Waals surface area contributed by atoms with E-state index in [1.807, 2.05) is 50.6 Å². The van der Waals surface area contributed by atoms with Gasteiger partial charge in [-0.3, -0.25) is 9.97 Å². The molecule has 0 unspecified atom stereocenters. The van der Waals surface area contributed by atoms with Gasteiger partial charge >= 0.3 is 0 Å². The fourth-order valence-corrected chi connectivity index (χ4v) is 3.82. The maximum absolute atomic E-state index is 5.99. The van der Waals surface area contributed by atoms with Gasteiger partial charge in [-0.15, -0.1) is 0 Å². The van der Waals surface area contributed by atoms with Crippen LogP contribution in [0.25, 0.3) is 44.7 Å². The van der Waals surface area contributed by atoms with E-state index in [9.17, 15) is 0 Å². The lowest BCUT2D eigenvalue weighted by molar-refractivity contribution is 0.818. The minimum atomic E-state index is 0.0193. The Morgan fingerprint density at radius 1 is 0.839 bits per heavy atom. The predicted molar refractivity (Wildman–Crippen MR) is 125 cm³/mol. The van der Waals surface area contributed by atoms with Crippen LogP contribution in [0.5, 0.6) is 0 Å². The first-order chi connectivity index (χ1) is 15.1. The Kier molecular flexibility index (Phi) is 4.81. The Labute approximate surface area is 181 Å². The monoisotopic (exact) mass is 405 g/mol. The number of hydrogen-bond acceptors (Lipinski definition) is 4. The van der Waals surface area contributed by atoms with E-state index >= 15 is 0 Å². The number of nitrogens with one attached hydrogen (secondary N) is 1. The molecule has 0 radical (unpaired) electrons. The molecular formula is C26H23N5. The third-order valence-corrected chi connectivity index (χ3v) is 5.50. The molecule has 152 valence electrons. The van der Waals surface area contributed by atoms with Gasteiger partial charge in [0.2, 0.25) is 0 Å². The van der Waals surface area contributed by atoms with Crippen molar-refractivity contribution in [3.63, 3.8) is 0 Å². The molecule has 1 atom stereocenters. The van der Waals surface area contributed by atoms with Gasteiger partial charge in [-0.1, -0.05) is 30.3 Å². The number of benzene rings is 1. The van der Waals surface area contributed by atoms with Crippen LogP contribution in [0.15, 0.2) is 79.3 Å². The zero-order valence-electron chi connectivity index (χ0n) is 17.5. The fraction of sp³-hybridized carbons (Fsp3) is 0.115. The van der Waals surface area contributed by atoms with Gasteiger partial charge < -0.3 is 10.7 Å². The van der Waals surface area contributed by atoms with E-state index in [1.54, 1.807) is 0 Å². The molecule has 1 aromatic carbocycles. The Morgan fingerprint density at radius 2 is 1.65 bits per heavy atom. The summed E-state index contributed by atoms with van der Waals surface area (Å²) in [6, 6.07) is 20.7. The van der Waals surface area contributed by atoms with Crippen molar-refractivity contribution in [2.75, 3.05) is 0 Å². The number of aryl methyl sites for hydroxylation is 1. The minimum Gasteiger partial charge on any atom is -0.346 e. The summed E-state index contributed by atoms with van der Waals surface area (Å²) < 4.78 is 0. The maximum Gasteiger partial charge on any atom is 0.138 e. The van der Waals surface area contributed by atoms with Gasteiger partial charge in [-0.25, -0.2) is 4.98 Å². The summed E-state index contributed by atoms with van der Waals surface area (Å²) in [6.07, 6.45) is 5.70. The second-order valence-corrected chi connectivity index (χ2v) is 7.83. The van der Waals surface area contributed by atoms with Gasteiger partial charge in [0.15, 0.2) is 0 Å². The van der Waals surface area contributed by atoms with Crippen LogP contribution in [0, 0.1) is 6.92 Å². The number of rotatable bonds is 4. The van der Waals surface area contributed by atoms with Crippen molar-refractivity contribution in [2.24, 2.45) is 5.73 Å². The Balaban J connectivity index is 1.62. The fourth-order valence-electron chi connectivity index (χ4n) is 3.82. The Bertz CT molecular complexity index is 1370. The maximum atomic E-state index is 5.99. The standard InChI is InChI=1S/C26H23N5/c1-16-4-3-5-24(30-16)25-13-23(22-10-11-29-26(22)31-25)21-12-20(14-28-15-21)19-8-6-18(7-9-19)17(2)27/h3-15,17H,27H2,1-2H3,(H,29,31)/t17-/m0/s1. The number of pyridine rings is 3. The number of fused-ring (bicyclic) bond motifs is 1. The highest BCUT2D eigenvalue weighted by atomic mass is 14.9. The summed E-state index contributed by atoms with van der Waals surface area (Å²) in [4.78, 5) is 17.2. The quantitative estimate of drug-likeness (QED) is 0.403. The number of H-pyrrole nitrogens is 1. The van der Waals surface area contributed by atoms with Crippen LogP contribution in [0.4, 0.5) is 0 Å². The highest BCUT2D eigenvalue weighted by molar-refractivity contribution is 5.95. The van der Waals surface area contributed by atoms with E-state index in [0.29, 0.717) is 0 Å². The summed E-state index contributed by atoms with van der Waals surface area (Å²) in [5, 5.41) is 1.06. The van der Waals surface area contributed by atoms with E-state index in [0.717, 1.165) is 55.9 Å². The van der Waals surface area contributed by atoms with E-state index in [2.05, 4.69) is 57.4 Å². The third kappa shape index (κ3) is 3.71. The molecule has 0 aliphatic carbocycles. The highest BCUT2D eigenvalue weighted by Gasteiger charge is 2.13. The van der Waals surface area contributed by atoms with Crippen LogP contribution in [-0.4, -0.2) is 19.9 Å². The lowest BCUT2D eigenvalue weighted by atomic mass is 9.98. The Morgan fingerprint density at radius 3 is 2.42 bits per heavy atom. The van der Waals surface area contributed by atoms with Crippen molar-refractivity contribution in [1.29, 1.82) is 0 Å². The second-order valence-electron chi connectivity index (χ2n) is 7.83. The van der Waals surface area contributed by atoms with Crippen molar-refractivity contribution >= 4 is 11.0 Å². The molecule has 5 rings (SSSR count). The first kappa shape index (κ1) is 19.2. The molecule has 0 saturated heterocycles. The first-order valence-corrected chi connectivity index (χ1v) is 10.3. The van der Waals surface area contributed by atoms with E-state index in [1.165, 1.54) is 0 Å². The molecule has 31 heavy (non-hydrogen) atoms. The molecule has 0 aliphatic rings. The number of aromatic amines is 1. The molecule has 3 N–H and O–H groups in total. The molecule has 0 amide bonds. The van der Waals surface area contributed by atoms with Crippen LogP contribution < -0.4 is 5.73 Å². The predicted octanol–water partition coefficient (Wildman–Crippen LogP) is 5.68. The van der Waals surface area contributed by atoms with Crippen molar-refractivity contribution in [1.82, 2.24) is 19.9 Å². The van der Waals surface area contributed by atoms with Gasteiger partial charge in [0.25, 0.3) is 0 Å². The molecule has 0 saturated carbocycles. The van der Waals surface area contributed by atoms with Crippen molar-refractivity contribution < 1.29 is 0 Å². The number of nitrogens with zero attached hydrogens (tertiary/aromatic N) is 3. The zero-order chi connectivity index (χ0) is 21.4. The van der Waals surface area contributed by atoms with E-state index in [-0.39, 0.29) is 6.04 Å². The summed E-state index contributed by atoms with van der Waals surface area (Å²) >= 11 is 0. The minimum absolute atomic E-state index is 0.0193. The SMILES string of the molecule is Cc1cccc(-c2cc(-c3cncc(-c4ccc([C@H](C)N)cc4)c3)c3cc[nH]c3n2)n1. The molecule has 0 bridgehead atoms. The van der Waals surface area contributed by atoms with Crippen LogP contribution in [0.1, 0.15) is 24.2 Å². The smallest absolute Gasteiger partial charge is 0.138 e. The summed E-state index contributed by atoms with van der Waals surface area (Å²) in [6.45, 7) is 3.98. The normalized spacial score (nSPS) is 12.2. The number of nitrogens with two attached hydrogens (primary N) is 1. The zero-order valence-corrected chi connectivity index (χ0v) is 17.5. The summed E-state index contributed by atoms with van der Waals surface area (Å²) in [5.74, 6) is 0. The molecule has 0 fully saturated rings. The van der Waals surface area contributed by atoms with Crippen LogP contribution in [-0.2, 0) is 0 Å². The van der Waals surface area contributed by atoms with Crippen LogP contribution >= 0.6 is 0 Å². The van der Waals surface area contributed by atoms with E-state index < -0.39 is 0 Å². The Hall–Kier alpha value is -3.83. The molecule has 5 nitrogen and oxygen atoms in total. The third-order valence-electron chi connectivity index (χ3n) is 5.50. The van der Waals surface area contributed by atoms with Gasteiger partial charge in [0.1, 0.15) is 5.65 Å². The van der Waals surface area contributed by atoms with Crippen molar-refractivity contribution in [3.8, 4) is 33.6 Å². The molecule has 4 heterocycles. The van der Waals surface area contributed by atoms with Crippen LogP contribution in [0.2, 0.25) is 0 Å². The molecule has 0 spiro atoms. The van der Waals surface area contributed by atoms with E-state index in [4.69, 9.17) is 10.7 Å². The average molecular weight is 406 g/mol. The molecule has 5 heteroatoms. The van der Waals surface area contributed by atoms with Gasteiger partial charge in [0.05, 0.1) is 11.4 Å². The largest absolute Gasteiger partial charge is 0.346 e. The number of hydrogen-bond donors (Lipinski definition) is 2. The van der Waals surface area contributed by atoms with Gasteiger partial charge in [0, 0.05) is 46.8 Å². The first-order valence-electron chi connectivity index (χ1n) is 10.3. The number of aromatic nitrogens is 4. The van der Waals surface area contributed by atoms with Crippen molar-refractivity contribution in [3.05, 3.63) is 90.5 Å². The topological polar surface area (TPSA) is 80.5 Å². The molecule has 5 aromatic rings. The molecular weight excluding hydrogens is 382 g/mol. The lowest BCUT2D eigenvalue weighted by Gasteiger charge is -2.10. The summed E-state index contributed by atoms with van der Waals surface area (Å²) in [7, 11) is 0. The van der Waals surface area contributed by atoms with Gasteiger partial charge in [-0.05, 0) is 60.9 Å². The molecule has 4 aromatic heterocycles. The summed E-state index contributed by atoms with van der Waals surface area (Å²) in [5.41, 5.74) is 14.9. The lowest BCUT2D eigenvalue weighted by Crippen LogP contribution is -2.04. The second kappa shape index (κ2) is 7.78. The highest BCUT2D eigenvalue weighted by Crippen LogP contribution is 2.33. The molecule has 0 aliphatic heterocycles. The van der Waals surface area contributed by atoms with Gasteiger partial charge in [-0.2, -0.15) is 0 Å². The van der Waals surface area contributed by atoms with Crippen LogP contribution in [0.3, 0.4) is 0 Å². The average Bonchev–Trinajstić information content (AvgIpc) is 3.27.